The quantitative estimate of drug-likeness (QED) is 0.0990. The van der Waals surface area contributed by atoms with E-state index >= 15 is 0 Å². The van der Waals surface area contributed by atoms with Crippen LogP contribution in [0.2, 0.25) is 0 Å². The number of hydrogen-bond donors (Lipinski definition) is 0. The summed E-state index contributed by atoms with van der Waals surface area (Å²) in [5.74, 6) is 1.86. The van der Waals surface area contributed by atoms with E-state index < -0.39 is 0 Å². The van der Waals surface area contributed by atoms with Crippen LogP contribution >= 0.6 is 0 Å². The molecule has 16 aromatic carbocycles. The lowest BCUT2D eigenvalue weighted by Crippen LogP contribution is -2.00. The number of pyridine rings is 7. The molecule has 0 N–H and O–H groups in total. The Hall–Kier alpha value is -19.2. The number of nitrogens with zero attached hydrogens (tertiary/aromatic N) is 11. The van der Waals surface area contributed by atoms with Gasteiger partial charge in [-0.15, -0.1) is 0 Å². The third-order valence-corrected chi connectivity index (χ3v) is 25.9. The van der Waals surface area contributed by atoms with Gasteiger partial charge in [-0.1, -0.05) is 315 Å². The van der Waals surface area contributed by atoms with Crippen LogP contribution in [0.3, 0.4) is 0 Å². The second-order valence-electron chi connectivity index (χ2n) is 34.2. The van der Waals surface area contributed by atoms with Crippen molar-refractivity contribution in [1.82, 2.24) is 49.8 Å². The van der Waals surface area contributed by atoms with Crippen molar-refractivity contribution in [3.05, 3.63) is 461 Å². The summed E-state index contributed by atoms with van der Waals surface area (Å²) in [5, 5.41) is 24.5. The van der Waals surface area contributed by atoms with Gasteiger partial charge in [-0.05, 0) is 171 Å². The number of fused-ring (bicyclic) bond motifs is 18. The number of rotatable bonds is 13. The standard InChI is InChI=1S/C45H27N3O.C42H26N4O.C38H22N4O/c1-2-10-28(11-3-1)38-23-21-29-19-20-30-22-24-39(48-44(30)43(29)47-38)32-13-8-12-31(26-32)33-16-9-18-41-42(33)37-27-36(40-17-6-7-25-46-40)34-14-4-5-15-35(34)45(37)49-41;1-2-11-32-31(10-1)33(35-13-3-6-21-43-35)26-34-41-30(12-9-16-40(41)47-42(32)34)28-19-17-27(18-20-28)29-24-38(36-14-4-7-22-44-36)46-39(25-29)37-15-5-8-23-45-37;39-23-28-22-32-34-30(16-9-17-33(34)43-35(32)31-15-8-7-14-29(28)31)24-18-20-27(21-19-24)38-41-36(25-10-3-1-4-11-25)40-37(42-38)26-12-5-2-6-13-26/h1-27H;1-26H;1-22H. The molecule has 0 aliphatic rings. The maximum Gasteiger partial charge on any atom is 0.164 e. The highest BCUT2D eigenvalue weighted by Crippen LogP contribution is 2.48. The zero-order valence-corrected chi connectivity index (χ0v) is 74.4. The van der Waals surface area contributed by atoms with E-state index in [-0.39, 0.29) is 0 Å². The third-order valence-electron chi connectivity index (χ3n) is 25.9. The number of furan rings is 3. The Kier molecular flexibility index (Phi) is 20.6. The smallest absolute Gasteiger partial charge is 0.164 e. The Bertz CT molecular complexity index is 9380. The van der Waals surface area contributed by atoms with E-state index in [1.54, 1.807) is 12.4 Å². The average molecular weight is 1780 g/mol. The van der Waals surface area contributed by atoms with Crippen LogP contribution in [0.1, 0.15) is 5.56 Å². The maximum atomic E-state index is 9.92. The first-order valence-electron chi connectivity index (χ1n) is 46.0. The second kappa shape index (κ2) is 35.1. The third kappa shape index (κ3) is 15.2. The molecule has 0 bridgehead atoms. The summed E-state index contributed by atoms with van der Waals surface area (Å²) in [6, 6.07) is 149. The van der Waals surface area contributed by atoms with Crippen molar-refractivity contribution < 1.29 is 13.3 Å². The van der Waals surface area contributed by atoms with Crippen LogP contribution in [-0.2, 0) is 0 Å². The zero-order valence-electron chi connectivity index (χ0n) is 74.4. The summed E-state index contributed by atoms with van der Waals surface area (Å²) in [6.45, 7) is 0. The summed E-state index contributed by atoms with van der Waals surface area (Å²) in [7, 11) is 0. The van der Waals surface area contributed by atoms with E-state index in [1.807, 2.05) is 207 Å². The molecule has 0 aliphatic heterocycles. The fourth-order valence-corrected chi connectivity index (χ4v) is 19.3. The molecule has 11 aromatic heterocycles. The van der Waals surface area contributed by atoms with Crippen LogP contribution in [0.5, 0.6) is 0 Å². The minimum absolute atomic E-state index is 0.608. The second-order valence-corrected chi connectivity index (χ2v) is 34.2. The van der Waals surface area contributed by atoms with E-state index in [2.05, 4.69) is 253 Å². The average Bonchev–Trinajstić information content (AvgIpc) is 1.59. The Morgan fingerprint density at radius 1 is 0.187 bits per heavy atom. The van der Waals surface area contributed by atoms with Crippen LogP contribution in [0.4, 0.5) is 0 Å². The number of aromatic nitrogens is 10. The number of benzene rings is 16. The molecule has 0 radical (unpaired) electrons. The van der Waals surface area contributed by atoms with Crippen molar-refractivity contribution in [3.63, 3.8) is 0 Å². The highest BCUT2D eigenvalue weighted by atomic mass is 16.3. The molecule has 27 aromatic rings. The molecule has 139 heavy (non-hydrogen) atoms. The lowest BCUT2D eigenvalue weighted by atomic mass is 9.94. The Balaban J connectivity index is 0.000000111. The number of nitriles is 1. The monoisotopic (exact) mass is 1780 g/mol. The Labute approximate surface area is 796 Å². The van der Waals surface area contributed by atoms with Gasteiger partial charge in [0.1, 0.15) is 33.5 Å². The zero-order chi connectivity index (χ0) is 92.2. The van der Waals surface area contributed by atoms with Crippen LogP contribution in [0.25, 0.3) is 266 Å². The molecule has 648 valence electrons. The molecule has 0 atom stereocenters. The van der Waals surface area contributed by atoms with Gasteiger partial charge in [0, 0.05) is 128 Å². The fraction of sp³-hybridized carbons (Fsp3) is 0. The lowest BCUT2D eigenvalue weighted by molar-refractivity contribution is 0.672. The summed E-state index contributed by atoms with van der Waals surface area (Å²) in [4.78, 5) is 48.4. The van der Waals surface area contributed by atoms with Gasteiger partial charge in [0.25, 0.3) is 0 Å². The maximum absolute atomic E-state index is 9.92. The van der Waals surface area contributed by atoms with E-state index in [0.29, 0.717) is 23.0 Å². The predicted octanol–water partition coefficient (Wildman–Crippen LogP) is 32.0. The summed E-state index contributed by atoms with van der Waals surface area (Å²) < 4.78 is 19.6. The molecular formula is C125H75N11O3. The molecule has 0 unspecified atom stereocenters. The molecule has 27 rings (SSSR count). The molecular weight excluding hydrogens is 1700 g/mol. The van der Waals surface area contributed by atoms with Gasteiger partial charge >= 0.3 is 0 Å². The van der Waals surface area contributed by atoms with Crippen LogP contribution < -0.4 is 0 Å². The first-order chi connectivity index (χ1) is 68.8. The van der Waals surface area contributed by atoms with Crippen molar-refractivity contribution >= 4 is 120 Å². The SMILES string of the molecule is N#Cc1cc2c(oc3cccc(-c4ccc(-c5nc(-c6ccccc6)nc(-c6ccccc6)n5)cc4)c32)c2ccccc12.c1ccc(-c2cc(-c3ccc(-c4cccc5oc6c7ccccc7c(-c7ccccn7)cc6c45)cc3)cc(-c3ccccn3)n2)nc1.c1ccc(-c2ccc3ccc4ccc(-c5cccc(-c6cccc7oc8c9ccccc9c(-c9ccccn9)cc8c67)c5)nc4c3n2)cc1. The molecule has 0 spiro atoms. The molecule has 0 saturated carbocycles. The summed E-state index contributed by atoms with van der Waals surface area (Å²) >= 11 is 0. The van der Waals surface area contributed by atoms with Gasteiger partial charge in [0.05, 0.1) is 68.2 Å². The molecule has 14 heteroatoms. The van der Waals surface area contributed by atoms with Gasteiger partial charge in [0.2, 0.25) is 0 Å². The van der Waals surface area contributed by atoms with Crippen molar-refractivity contribution in [2.24, 2.45) is 0 Å². The van der Waals surface area contributed by atoms with E-state index in [0.717, 1.165) is 249 Å². The first kappa shape index (κ1) is 81.7. The largest absolute Gasteiger partial charge is 0.455 e. The van der Waals surface area contributed by atoms with Gasteiger partial charge in [-0.3, -0.25) is 19.9 Å². The highest BCUT2D eigenvalue weighted by Gasteiger charge is 2.25. The Morgan fingerprint density at radius 3 is 0.964 bits per heavy atom. The van der Waals surface area contributed by atoms with Crippen LogP contribution in [0, 0.1) is 11.3 Å². The van der Waals surface area contributed by atoms with E-state index in [9.17, 15) is 5.26 Å². The van der Waals surface area contributed by atoms with Gasteiger partial charge in [0.15, 0.2) is 17.5 Å². The first-order valence-corrected chi connectivity index (χ1v) is 46.0. The molecule has 0 saturated heterocycles. The van der Waals surface area contributed by atoms with Crippen LogP contribution in [0.15, 0.2) is 469 Å². The molecule has 14 nitrogen and oxygen atoms in total. The summed E-state index contributed by atoms with van der Waals surface area (Å²) in [6.07, 6.45) is 7.28. The summed E-state index contributed by atoms with van der Waals surface area (Å²) in [5.41, 5.74) is 30.2. The van der Waals surface area contributed by atoms with Crippen molar-refractivity contribution in [2.75, 3.05) is 0 Å². The van der Waals surface area contributed by atoms with E-state index in [4.69, 9.17) is 53.1 Å². The van der Waals surface area contributed by atoms with Crippen molar-refractivity contribution in [3.8, 4) is 153 Å². The fourth-order valence-electron chi connectivity index (χ4n) is 19.3. The van der Waals surface area contributed by atoms with Crippen molar-refractivity contribution in [1.29, 1.82) is 5.26 Å². The van der Waals surface area contributed by atoms with Gasteiger partial charge in [-0.2, -0.15) is 5.26 Å². The molecule has 0 aliphatic carbocycles. The molecule has 0 amide bonds. The lowest BCUT2D eigenvalue weighted by Gasteiger charge is -2.11. The van der Waals surface area contributed by atoms with Gasteiger partial charge < -0.3 is 13.3 Å². The van der Waals surface area contributed by atoms with E-state index in [1.165, 1.54) is 0 Å². The minimum atomic E-state index is 0.608. The topological polar surface area (TPSA) is 192 Å². The molecule has 11 heterocycles. The molecule has 0 fully saturated rings. The minimum Gasteiger partial charge on any atom is -0.455 e. The Morgan fingerprint density at radius 2 is 0.525 bits per heavy atom. The van der Waals surface area contributed by atoms with Gasteiger partial charge in [-0.25, -0.2) is 29.9 Å². The predicted molar refractivity (Wildman–Crippen MR) is 562 cm³/mol. The highest BCUT2D eigenvalue weighted by molar-refractivity contribution is 6.25. The normalized spacial score (nSPS) is 11.4. The van der Waals surface area contributed by atoms with Crippen LogP contribution in [-0.4, -0.2) is 49.8 Å². The van der Waals surface area contributed by atoms with Crippen molar-refractivity contribution in [2.45, 2.75) is 0 Å². The number of hydrogen-bond acceptors (Lipinski definition) is 14.